The van der Waals surface area contributed by atoms with Crippen molar-refractivity contribution in [3.8, 4) is 5.69 Å². The summed E-state index contributed by atoms with van der Waals surface area (Å²) < 4.78 is 1.08. The third-order valence-electron chi connectivity index (χ3n) is 4.40. The van der Waals surface area contributed by atoms with Gasteiger partial charge >= 0.3 is 11.9 Å². The number of carboxylic acid groups (broad SMARTS) is 2. The number of aromatic amines is 1. The van der Waals surface area contributed by atoms with Crippen LogP contribution in [-0.4, -0.2) is 46.0 Å². The van der Waals surface area contributed by atoms with Crippen molar-refractivity contribution in [3.63, 3.8) is 0 Å². The molecule has 0 bridgehead atoms. The van der Waals surface area contributed by atoms with Gasteiger partial charge in [-0.3, -0.25) is 9.89 Å². The summed E-state index contributed by atoms with van der Waals surface area (Å²) in [5, 5.41) is 21.9. The lowest BCUT2D eigenvalue weighted by Gasteiger charge is -2.11. The van der Waals surface area contributed by atoms with E-state index in [0.717, 1.165) is 22.0 Å². The molecular formula is C21H19N3O5. The van der Waals surface area contributed by atoms with Crippen molar-refractivity contribution in [2.45, 2.75) is 0 Å². The lowest BCUT2D eigenvalue weighted by atomic mass is 10.1. The van der Waals surface area contributed by atoms with E-state index in [2.05, 4.69) is 11.7 Å². The second-order valence-corrected chi connectivity index (χ2v) is 6.65. The summed E-state index contributed by atoms with van der Waals surface area (Å²) in [6, 6.07) is 11.0. The lowest BCUT2D eigenvalue weighted by molar-refractivity contribution is 0.0696. The molecule has 2 aromatic carbocycles. The van der Waals surface area contributed by atoms with Crippen molar-refractivity contribution in [1.29, 1.82) is 0 Å². The highest BCUT2D eigenvalue weighted by Crippen LogP contribution is 2.14. The summed E-state index contributed by atoms with van der Waals surface area (Å²) in [6.45, 7) is 3.84. The zero-order valence-electron chi connectivity index (χ0n) is 15.8. The zero-order valence-corrected chi connectivity index (χ0v) is 15.8. The van der Waals surface area contributed by atoms with Crippen LogP contribution in [-0.2, 0) is 0 Å². The third-order valence-corrected chi connectivity index (χ3v) is 4.40. The molecule has 0 aliphatic carbocycles. The Balaban J connectivity index is 2.16. The first kappa shape index (κ1) is 19.7. The molecule has 148 valence electrons. The van der Waals surface area contributed by atoms with Crippen molar-refractivity contribution in [1.82, 2.24) is 9.78 Å². The number of rotatable bonds is 5. The minimum Gasteiger partial charge on any atom is -0.478 e. The molecule has 0 aliphatic rings. The van der Waals surface area contributed by atoms with E-state index >= 15 is 0 Å². The number of nitrogens with zero attached hydrogens (tertiary/aromatic N) is 2. The van der Waals surface area contributed by atoms with Crippen LogP contribution in [0.15, 0.2) is 47.3 Å². The molecule has 0 radical (unpaired) electrons. The monoisotopic (exact) mass is 393 g/mol. The summed E-state index contributed by atoms with van der Waals surface area (Å²) in [7, 11) is 3.85. The number of carbonyl (C=O) groups is 2. The van der Waals surface area contributed by atoms with Gasteiger partial charge in [0.1, 0.15) is 0 Å². The molecule has 1 heterocycles. The minimum absolute atomic E-state index is 0.0970. The van der Waals surface area contributed by atoms with E-state index in [-0.39, 0.29) is 16.8 Å². The number of aromatic carboxylic acids is 2. The van der Waals surface area contributed by atoms with Crippen LogP contribution in [0.3, 0.4) is 0 Å². The SMILES string of the molecule is C=c1[nH]n(-c2cc(C(=O)O)cc(C(=O)O)c2)c(=O)c1=Cc1ccc(N(C)C)cc1. The fourth-order valence-electron chi connectivity index (χ4n) is 2.85. The topological polar surface area (TPSA) is 116 Å². The number of benzene rings is 2. The van der Waals surface area contributed by atoms with Crippen LogP contribution in [0.5, 0.6) is 0 Å². The Morgan fingerprint density at radius 2 is 1.59 bits per heavy atom. The molecular weight excluding hydrogens is 374 g/mol. The van der Waals surface area contributed by atoms with Crippen LogP contribution in [0.25, 0.3) is 18.3 Å². The van der Waals surface area contributed by atoms with Crippen molar-refractivity contribution < 1.29 is 19.8 Å². The van der Waals surface area contributed by atoms with Crippen LogP contribution >= 0.6 is 0 Å². The van der Waals surface area contributed by atoms with Crippen LogP contribution in [0.2, 0.25) is 0 Å². The number of hydrogen-bond donors (Lipinski definition) is 3. The molecule has 0 amide bonds. The minimum atomic E-state index is -1.29. The summed E-state index contributed by atoms with van der Waals surface area (Å²) in [5.74, 6) is -2.59. The van der Waals surface area contributed by atoms with Crippen molar-refractivity contribution in [3.05, 3.63) is 80.1 Å². The normalized spacial score (nSPS) is 11.4. The highest BCUT2D eigenvalue weighted by Gasteiger charge is 2.14. The predicted molar refractivity (Wildman–Crippen MR) is 109 cm³/mol. The van der Waals surface area contributed by atoms with Gasteiger partial charge in [0.05, 0.1) is 27.4 Å². The summed E-state index contributed by atoms with van der Waals surface area (Å²) >= 11 is 0. The van der Waals surface area contributed by atoms with Gasteiger partial charge in [-0.15, -0.1) is 0 Å². The second kappa shape index (κ2) is 7.51. The van der Waals surface area contributed by atoms with E-state index in [4.69, 9.17) is 0 Å². The molecule has 0 saturated heterocycles. The lowest BCUT2D eigenvalue weighted by Crippen LogP contribution is -2.34. The fraction of sp³-hybridized carbons (Fsp3) is 0.0952. The van der Waals surface area contributed by atoms with E-state index in [1.807, 2.05) is 43.3 Å². The average Bonchev–Trinajstić information content (AvgIpc) is 2.96. The Hall–Kier alpha value is -4.07. The second-order valence-electron chi connectivity index (χ2n) is 6.65. The smallest absolute Gasteiger partial charge is 0.335 e. The molecule has 0 spiro atoms. The van der Waals surface area contributed by atoms with Gasteiger partial charge in [-0.25, -0.2) is 14.3 Å². The highest BCUT2D eigenvalue weighted by molar-refractivity contribution is 5.94. The highest BCUT2D eigenvalue weighted by atomic mass is 16.4. The fourth-order valence-corrected chi connectivity index (χ4v) is 2.85. The molecule has 1 aromatic heterocycles. The maximum Gasteiger partial charge on any atom is 0.335 e. The Labute approximate surface area is 165 Å². The molecule has 0 atom stereocenters. The van der Waals surface area contributed by atoms with Gasteiger partial charge in [0.15, 0.2) is 0 Å². The van der Waals surface area contributed by atoms with Gasteiger partial charge in [-0.1, -0.05) is 18.7 Å². The van der Waals surface area contributed by atoms with Gasteiger partial charge < -0.3 is 15.1 Å². The molecule has 29 heavy (non-hydrogen) atoms. The van der Waals surface area contributed by atoms with E-state index in [9.17, 15) is 24.6 Å². The first-order valence-corrected chi connectivity index (χ1v) is 8.58. The molecule has 3 aromatic rings. The van der Waals surface area contributed by atoms with E-state index in [1.54, 1.807) is 6.08 Å². The van der Waals surface area contributed by atoms with Crippen molar-refractivity contribution in [2.75, 3.05) is 19.0 Å². The molecule has 8 heteroatoms. The van der Waals surface area contributed by atoms with Gasteiger partial charge in [0.25, 0.3) is 5.56 Å². The van der Waals surface area contributed by atoms with Crippen LogP contribution < -0.4 is 21.0 Å². The molecule has 0 fully saturated rings. The summed E-state index contributed by atoms with van der Waals surface area (Å²) in [4.78, 5) is 37.5. The molecule has 3 rings (SSSR count). The molecule has 0 unspecified atom stereocenters. The van der Waals surface area contributed by atoms with Gasteiger partial charge in [-0.05, 0) is 42.0 Å². The number of carboxylic acids is 2. The molecule has 0 saturated carbocycles. The predicted octanol–water partition coefficient (Wildman–Crippen LogP) is 0.867. The number of hydrogen-bond acceptors (Lipinski definition) is 4. The first-order valence-electron chi connectivity index (χ1n) is 8.58. The maximum atomic E-state index is 12.9. The van der Waals surface area contributed by atoms with Crippen molar-refractivity contribution in [2.24, 2.45) is 0 Å². The zero-order chi connectivity index (χ0) is 21.3. The number of anilines is 1. The standard InChI is InChI=1S/C21H19N3O5/c1-12-18(8-13-4-6-16(7-5-13)23(2)3)19(25)24(22-12)17-10-14(20(26)27)9-15(11-17)21(28)29/h4-11,22H,1H2,2-3H3,(H,26,27)(H,28,29). The number of aromatic nitrogens is 2. The quantitative estimate of drug-likeness (QED) is 0.592. The average molecular weight is 393 g/mol. The van der Waals surface area contributed by atoms with Crippen LogP contribution in [0.4, 0.5) is 5.69 Å². The summed E-state index contributed by atoms with van der Waals surface area (Å²) in [6.07, 6.45) is 1.66. The number of nitrogens with one attached hydrogen (secondary N) is 1. The Morgan fingerprint density at radius 1 is 1.03 bits per heavy atom. The first-order chi connectivity index (χ1) is 13.7. The Kier molecular flexibility index (Phi) is 5.10. The van der Waals surface area contributed by atoms with Crippen LogP contribution in [0, 0.1) is 0 Å². The van der Waals surface area contributed by atoms with E-state index < -0.39 is 17.5 Å². The molecule has 8 nitrogen and oxygen atoms in total. The van der Waals surface area contributed by atoms with Gasteiger partial charge in [0, 0.05) is 19.8 Å². The van der Waals surface area contributed by atoms with Crippen LogP contribution in [0.1, 0.15) is 26.3 Å². The molecule has 3 N–H and O–H groups in total. The molecule has 0 aliphatic heterocycles. The van der Waals surface area contributed by atoms with E-state index in [0.29, 0.717) is 10.6 Å². The van der Waals surface area contributed by atoms with Gasteiger partial charge in [-0.2, -0.15) is 0 Å². The van der Waals surface area contributed by atoms with Crippen molar-refractivity contribution >= 4 is 30.3 Å². The Morgan fingerprint density at radius 3 is 2.07 bits per heavy atom. The Bertz CT molecular complexity index is 1230. The number of H-pyrrole nitrogens is 1. The van der Waals surface area contributed by atoms with Gasteiger partial charge in [0.2, 0.25) is 0 Å². The summed E-state index contributed by atoms with van der Waals surface area (Å²) in [5.41, 5.74) is 0.948. The van der Waals surface area contributed by atoms with E-state index in [1.165, 1.54) is 12.1 Å². The third kappa shape index (κ3) is 3.96. The maximum absolute atomic E-state index is 12.9. The largest absolute Gasteiger partial charge is 0.478 e.